The number of fused-ring (bicyclic) bond motifs is 9. The Morgan fingerprint density at radius 3 is 1.29 bits per heavy atom. The maximum atomic E-state index is 6.49. The van der Waals surface area contributed by atoms with E-state index in [1.807, 2.05) is 0 Å². The topological polar surface area (TPSA) is 70.5 Å². The van der Waals surface area contributed by atoms with Crippen LogP contribution in [0.1, 0.15) is 25.7 Å². The first kappa shape index (κ1) is 8.05. The van der Waals surface area contributed by atoms with E-state index >= 15 is 0 Å². The van der Waals surface area contributed by atoms with Crippen molar-refractivity contribution in [3.8, 4) is 0 Å². The van der Waals surface area contributed by atoms with E-state index in [0.717, 1.165) is 25.7 Å². The van der Waals surface area contributed by atoms with Crippen LogP contribution in [0.5, 0.6) is 0 Å². The van der Waals surface area contributed by atoms with Gasteiger partial charge < -0.3 is 20.9 Å². The van der Waals surface area contributed by atoms with Crippen molar-refractivity contribution in [3.63, 3.8) is 0 Å². The first-order chi connectivity index (χ1) is 6.67. The van der Waals surface area contributed by atoms with Gasteiger partial charge in [0.1, 0.15) is 0 Å². The fourth-order valence-electron chi connectivity index (χ4n) is 4.21. The van der Waals surface area contributed by atoms with Crippen molar-refractivity contribution in [2.75, 3.05) is 0 Å². The van der Waals surface area contributed by atoms with Crippen LogP contribution in [0, 0.1) is 0 Å². The number of hydrogen-bond acceptors (Lipinski definition) is 4. The number of nitrogens with two attached hydrogens (primary N) is 2. The predicted molar refractivity (Wildman–Crippen MR) is 49.6 cm³/mol. The third-order valence-electron chi connectivity index (χ3n) is 4.92. The van der Waals surface area contributed by atoms with Gasteiger partial charge in [-0.1, -0.05) is 0 Å². The zero-order valence-corrected chi connectivity index (χ0v) is 8.11. The molecule has 4 heterocycles. The highest BCUT2D eigenvalue weighted by Crippen LogP contribution is 2.59. The third-order valence-corrected chi connectivity index (χ3v) is 4.92. The molecule has 4 N–H and O–H groups in total. The molecular formula is C10H16N2O2. The van der Waals surface area contributed by atoms with E-state index in [1.165, 1.54) is 0 Å². The van der Waals surface area contributed by atoms with Gasteiger partial charge in [0.25, 0.3) is 0 Å². The van der Waals surface area contributed by atoms with E-state index in [-0.39, 0.29) is 24.4 Å². The van der Waals surface area contributed by atoms with Crippen LogP contribution >= 0.6 is 0 Å². The Morgan fingerprint density at radius 1 is 0.714 bits per heavy atom. The smallest absolute Gasteiger partial charge is 0.0919 e. The zero-order valence-electron chi connectivity index (χ0n) is 8.11. The minimum absolute atomic E-state index is 0.146. The fraction of sp³-hybridized carbons (Fsp3) is 1.00. The van der Waals surface area contributed by atoms with E-state index in [0.29, 0.717) is 0 Å². The lowest BCUT2D eigenvalue weighted by Crippen LogP contribution is -2.76. The average Bonchev–Trinajstić information content (AvgIpc) is 2.86. The lowest BCUT2D eigenvalue weighted by molar-refractivity contribution is -0.000987. The van der Waals surface area contributed by atoms with Crippen molar-refractivity contribution in [1.82, 2.24) is 0 Å². The van der Waals surface area contributed by atoms with Gasteiger partial charge in [0, 0.05) is 0 Å². The number of ether oxygens (including phenoxy) is 2. The van der Waals surface area contributed by atoms with E-state index in [2.05, 4.69) is 0 Å². The van der Waals surface area contributed by atoms with Gasteiger partial charge in [-0.25, -0.2) is 0 Å². The SMILES string of the molecule is NC12C3CCC(O3)C1(N)C1CCC2O1. The lowest BCUT2D eigenvalue weighted by atomic mass is 9.61. The minimum Gasteiger partial charge on any atom is -0.371 e. The third kappa shape index (κ3) is 0.538. The van der Waals surface area contributed by atoms with Gasteiger partial charge in [0.15, 0.2) is 0 Å². The van der Waals surface area contributed by atoms with Crippen LogP contribution in [-0.4, -0.2) is 35.5 Å². The first-order valence-electron chi connectivity index (χ1n) is 5.56. The Balaban J connectivity index is 1.91. The molecule has 4 bridgehead atoms. The van der Waals surface area contributed by atoms with E-state index in [1.54, 1.807) is 0 Å². The van der Waals surface area contributed by atoms with Gasteiger partial charge in [-0.05, 0) is 25.7 Å². The molecule has 4 unspecified atom stereocenters. The number of hydrogen-bond donors (Lipinski definition) is 2. The Kier molecular flexibility index (Phi) is 1.16. The Labute approximate surface area is 82.9 Å². The van der Waals surface area contributed by atoms with Crippen molar-refractivity contribution in [2.45, 2.75) is 61.2 Å². The standard InChI is InChI=1S/C10H16N2O2/c11-9-5-1-2-6(13-5)10(9,12)8-4-3-7(9)14-8/h5-8H,1-4,11-12H2. The van der Waals surface area contributed by atoms with Crippen LogP contribution < -0.4 is 11.5 Å². The molecule has 14 heavy (non-hydrogen) atoms. The van der Waals surface area contributed by atoms with Crippen molar-refractivity contribution in [2.24, 2.45) is 11.5 Å². The summed E-state index contributed by atoms with van der Waals surface area (Å²) in [5.41, 5.74) is 12.2. The van der Waals surface area contributed by atoms with Crippen LogP contribution in [-0.2, 0) is 9.47 Å². The second kappa shape index (κ2) is 2.02. The highest BCUT2D eigenvalue weighted by Gasteiger charge is 2.77. The van der Waals surface area contributed by atoms with Crippen molar-refractivity contribution >= 4 is 0 Å². The molecule has 4 fully saturated rings. The molecule has 0 spiro atoms. The molecule has 0 aromatic carbocycles. The summed E-state index contributed by atoms with van der Waals surface area (Å²) < 4.78 is 11.8. The van der Waals surface area contributed by atoms with Gasteiger partial charge in [-0.3, -0.25) is 0 Å². The van der Waals surface area contributed by atoms with E-state index < -0.39 is 11.1 Å². The predicted octanol–water partition coefficient (Wildman–Crippen LogP) is -0.496. The monoisotopic (exact) mass is 196 g/mol. The van der Waals surface area contributed by atoms with Crippen LogP contribution in [0.25, 0.3) is 0 Å². The highest BCUT2D eigenvalue weighted by atomic mass is 16.6. The van der Waals surface area contributed by atoms with Gasteiger partial charge in [0.05, 0.1) is 35.5 Å². The summed E-state index contributed by atoms with van der Waals surface area (Å²) in [5.74, 6) is 0. The van der Waals surface area contributed by atoms with Crippen molar-refractivity contribution in [3.05, 3.63) is 0 Å². The minimum atomic E-state index is -0.390. The molecule has 0 aromatic rings. The highest BCUT2D eigenvalue weighted by molar-refractivity contribution is 5.33. The summed E-state index contributed by atoms with van der Waals surface area (Å²) in [6.07, 6.45) is 4.83. The Morgan fingerprint density at radius 2 is 1.00 bits per heavy atom. The molecule has 0 aromatic heterocycles. The summed E-state index contributed by atoms with van der Waals surface area (Å²) in [5, 5.41) is 0. The summed E-state index contributed by atoms with van der Waals surface area (Å²) in [4.78, 5) is 0. The fourth-order valence-corrected chi connectivity index (χ4v) is 4.21. The molecule has 4 rings (SSSR count). The normalized spacial score (nSPS) is 69.0. The maximum absolute atomic E-state index is 6.49. The summed E-state index contributed by atoms with van der Waals surface area (Å²) in [6, 6.07) is 0. The molecule has 0 saturated carbocycles. The quantitative estimate of drug-likeness (QED) is 0.548. The summed E-state index contributed by atoms with van der Waals surface area (Å²) in [7, 11) is 0. The number of rotatable bonds is 0. The lowest BCUT2D eigenvalue weighted by Gasteiger charge is -2.46. The molecule has 4 aliphatic heterocycles. The molecule has 4 heteroatoms. The van der Waals surface area contributed by atoms with Crippen LogP contribution in [0.4, 0.5) is 0 Å². The summed E-state index contributed by atoms with van der Waals surface area (Å²) >= 11 is 0. The molecule has 0 radical (unpaired) electrons. The van der Waals surface area contributed by atoms with Gasteiger partial charge in [0.2, 0.25) is 0 Å². The van der Waals surface area contributed by atoms with Crippen molar-refractivity contribution in [1.29, 1.82) is 0 Å². The van der Waals surface area contributed by atoms with E-state index in [9.17, 15) is 0 Å². The molecule has 4 nitrogen and oxygen atoms in total. The van der Waals surface area contributed by atoms with Gasteiger partial charge in [-0.2, -0.15) is 0 Å². The Hall–Kier alpha value is -0.160. The van der Waals surface area contributed by atoms with Gasteiger partial charge >= 0.3 is 0 Å². The maximum Gasteiger partial charge on any atom is 0.0919 e. The first-order valence-corrected chi connectivity index (χ1v) is 5.56. The van der Waals surface area contributed by atoms with Crippen LogP contribution in [0.15, 0.2) is 0 Å². The second-order valence-electron chi connectivity index (χ2n) is 5.25. The average molecular weight is 196 g/mol. The molecule has 4 aliphatic rings. The van der Waals surface area contributed by atoms with E-state index in [4.69, 9.17) is 20.9 Å². The molecular weight excluding hydrogens is 180 g/mol. The molecule has 78 valence electrons. The van der Waals surface area contributed by atoms with Crippen LogP contribution in [0.2, 0.25) is 0 Å². The molecule has 4 atom stereocenters. The van der Waals surface area contributed by atoms with Crippen molar-refractivity contribution < 1.29 is 9.47 Å². The second-order valence-corrected chi connectivity index (χ2v) is 5.25. The molecule has 4 saturated heterocycles. The largest absolute Gasteiger partial charge is 0.371 e. The zero-order chi connectivity index (χ0) is 9.55. The molecule has 0 aliphatic carbocycles. The van der Waals surface area contributed by atoms with Crippen LogP contribution in [0.3, 0.4) is 0 Å². The Bertz CT molecular complexity index is 256. The molecule has 0 amide bonds. The summed E-state index contributed by atoms with van der Waals surface area (Å²) in [6.45, 7) is 0. The van der Waals surface area contributed by atoms with Gasteiger partial charge in [-0.15, -0.1) is 0 Å².